The molecule has 4 heteroatoms. The number of anilines is 1. The molecule has 0 aliphatic carbocycles. The second-order valence-corrected chi connectivity index (χ2v) is 6.21. The molecule has 1 aromatic rings. The lowest BCUT2D eigenvalue weighted by Gasteiger charge is -2.39. The number of carbonyl (C=O) groups excluding carboxylic acids is 1. The van der Waals surface area contributed by atoms with Gasteiger partial charge in [0.05, 0.1) is 13.0 Å². The number of carbonyl (C=O) groups is 1. The largest absolute Gasteiger partial charge is 0.493 e. The van der Waals surface area contributed by atoms with Gasteiger partial charge in [-0.2, -0.15) is 0 Å². The number of nitrogens with zero attached hydrogens (tertiary/aromatic N) is 1. The molecule has 1 heterocycles. The summed E-state index contributed by atoms with van der Waals surface area (Å²) >= 11 is 0. The maximum atomic E-state index is 12.2. The molecule has 21 heavy (non-hydrogen) atoms. The van der Waals surface area contributed by atoms with E-state index in [4.69, 9.17) is 10.5 Å². The Morgan fingerprint density at radius 2 is 1.90 bits per heavy atom. The van der Waals surface area contributed by atoms with Crippen molar-refractivity contribution in [2.24, 2.45) is 5.41 Å². The maximum absolute atomic E-state index is 12.2. The van der Waals surface area contributed by atoms with Crippen LogP contribution in [0.25, 0.3) is 0 Å². The summed E-state index contributed by atoms with van der Waals surface area (Å²) in [7, 11) is 0. The number of amides is 1. The molecule has 0 bridgehead atoms. The highest BCUT2D eigenvalue weighted by Crippen LogP contribution is 2.33. The van der Waals surface area contributed by atoms with Crippen molar-refractivity contribution in [3.05, 3.63) is 24.3 Å². The normalized spacial score (nSPS) is 17.5. The average Bonchev–Trinajstić information content (AvgIpc) is 2.50. The van der Waals surface area contributed by atoms with E-state index in [2.05, 4.69) is 13.8 Å². The van der Waals surface area contributed by atoms with Crippen molar-refractivity contribution >= 4 is 11.6 Å². The van der Waals surface area contributed by atoms with Crippen LogP contribution in [0.1, 0.15) is 39.5 Å². The van der Waals surface area contributed by atoms with Crippen molar-refractivity contribution in [2.45, 2.75) is 39.5 Å². The van der Waals surface area contributed by atoms with Gasteiger partial charge in [-0.15, -0.1) is 0 Å². The van der Waals surface area contributed by atoms with E-state index in [0.29, 0.717) is 24.1 Å². The topological polar surface area (TPSA) is 55.6 Å². The molecule has 0 radical (unpaired) electrons. The Balaban J connectivity index is 1.72. The monoisotopic (exact) mass is 290 g/mol. The van der Waals surface area contributed by atoms with E-state index in [0.717, 1.165) is 31.7 Å². The molecular formula is C17H26N2O2. The maximum Gasteiger partial charge on any atom is 0.225 e. The summed E-state index contributed by atoms with van der Waals surface area (Å²) in [5.74, 6) is 0.956. The minimum atomic E-state index is 0.198. The number of ether oxygens (including phenoxy) is 1. The number of hydrogen-bond donors (Lipinski definition) is 1. The number of benzene rings is 1. The first-order valence-corrected chi connectivity index (χ1v) is 7.78. The molecule has 0 saturated carbocycles. The van der Waals surface area contributed by atoms with Gasteiger partial charge in [0.2, 0.25) is 5.91 Å². The Hall–Kier alpha value is -1.71. The van der Waals surface area contributed by atoms with Crippen LogP contribution in [-0.2, 0) is 4.79 Å². The molecule has 2 rings (SSSR count). The highest BCUT2D eigenvalue weighted by molar-refractivity contribution is 5.76. The van der Waals surface area contributed by atoms with Gasteiger partial charge in [-0.05, 0) is 42.5 Å². The number of nitrogen functional groups attached to an aromatic ring is 1. The molecule has 1 fully saturated rings. The lowest BCUT2D eigenvalue weighted by Crippen LogP contribution is -2.42. The summed E-state index contributed by atoms with van der Waals surface area (Å²) in [6.45, 7) is 6.73. The molecule has 0 atom stereocenters. The van der Waals surface area contributed by atoms with Crippen molar-refractivity contribution < 1.29 is 9.53 Å². The van der Waals surface area contributed by atoms with E-state index in [9.17, 15) is 4.79 Å². The second-order valence-electron chi connectivity index (χ2n) is 6.21. The van der Waals surface area contributed by atoms with Crippen LogP contribution >= 0.6 is 0 Å². The van der Waals surface area contributed by atoms with Crippen LogP contribution < -0.4 is 10.5 Å². The highest BCUT2D eigenvalue weighted by atomic mass is 16.5. The third-order valence-corrected chi connectivity index (χ3v) is 4.64. The van der Waals surface area contributed by atoms with E-state index >= 15 is 0 Å². The van der Waals surface area contributed by atoms with E-state index in [-0.39, 0.29) is 5.91 Å². The quantitative estimate of drug-likeness (QED) is 0.848. The molecule has 1 saturated heterocycles. The summed E-state index contributed by atoms with van der Waals surface area (Å²) in [4.78, 5) is 14.1. The van der Waals surface area contributed by atoms with Gasteiger partial charge in [0, 0.05) is 18.8 Å². The fourth-order valence-electron chi connectivity index (χ4n) is 2.63. The second kappa shape index (κ2) is 6.83. The Bertz CT molecular complexity index is 462. The zero-order valence-electron chi connectivity index (χ0n) is 13.1. The van der Waals surface area contributed by atoms with Crippen molar-refractivity contribution in [2.75, 3.05) is 25.4 Å². The van der Waals surface area contributed by atoms with E-state index < -0.39 is 0 Å². The first kappa shape index (κ1) is 15.7. The van der Waals surface area contributed by atoms with Gasteiger partial charge in [-0.25, -0.2) is 0 Å². The van der Waals surface area contributed by atoms with Crippen molar-refractivity contribution in [1.29, 1.82) is 0 Å². The van der Waals surface area contributed by atoms with Gasteiger partial charge in [0.1, 0.15) is 5.75 Å². The molecule has 1 amide bonds. The Labute approximate surface area is 127 Å². The minimum absolute atomic E-state index is 0.198. The molecule has 116 valence electrons. The average molecular weight is 290 g/mol. The molecule has 0 aromatic heterocycles. The predicted octanol–water partition coefficient (Wildman–Crippen LogP) is 3.08. The number of nitrogens with two attached hydrogens (primary N) is 1. The summed E-state index contributed by atoms with van der Waals surface area (Å²) in [5, 5.41) is 0. The predicted molar refractivity (Wildman–Crippen MR) is 85.2 cm³/mol. The van der Waals surface area contributed by atoms with Gasteiger partial charge in [-0.3, -0.25) is 4.79 Å². The van der Waals surface area contributed by atoms with E-state index in [1.54, 1.807) is 12.1 Å². The van der Waals surface area contributed by atoms with Crippen LogP contribution in [0.15, 0.2) is 24.3 Å². The molecule has 0 unspecified atom stereocenters. The molecule has 2 N–H and O–H groups in total. The van der Waals surface area contributed by atoms with Crippen molar-refractivity contribution in [1.82, 2.24) is 4.90 Å². The first-order chi connectivity index (χ1) is 10.0. The third kappa shape index (κ3) is 4.38. The van der Waals surface area contributed by atoms with Crippen LogP contribution in [0.2, 0.25) is 0 Å². The van der Waals surface area contributed by atoms with Gasteiger partial charge >= 0.3 is 0 Å². The summed E-state index contributed by atoms with van der Waals surface area (Å²) in [6, 6.07) is 7.25. The third-order valence-electron chi connectivity index (χ3n) is 4.64. The van der Waals surface area contributed by atoms with Gasteiger partial charge < -0.3 is 15.4 Å². The first-order valence-electron chi connectivity index (χ1n) is 7.78. The van der Waals surface area contributed by atoms with E-state index in [1.807, 2.05) is 17.0 Å². The lowest BCUT2D eigenvalue weighted by molar-refractivity contribution is -0.133. The minimum Gasteiger partial charge on any atom is -0.493 e. The van der Waals surface area contributed by atoms with Crippen molar-refractivity contribution in [3.63, 3.8) is 0 Å². The van der Waals surface area contributed by atoms with Gasteiger partial charge in [-0.1, -0.05) is 20.3 Å². The number of piperidine rings is 1. The Morgan fingerprint density at radius 3 is 2.48 bits per heavy atom. The smallest absolute Gasteiger partial charge is 0.225 e. The molecule has 1 aromatic carbocycles. The van der Waals surface area contributed by atoms with Crippen molar-refractivity contribution in [3.8, 4) is 5.75 Å². The van der Waals surface area contributed by atoms with Crippen LogP contribution in [0.3, 0.4) is 0 Å². The molecule has 1 aliphatic rings. The van der Waals surface area contributed by atoms with Gasteiger partial charge in [0.25, 0.3) is 0 Å². The molecule has 4 nitrogen and oxygen atoms in total. The van der Waals surface area contributed by atoms with Crippen LogP contribution in [0.5, 0.6) is 5.75 Å². The van der Waals surface area contributed by atoms with Crippen LogP contribution in [-0.4, -0.2) is 30.5 Å². The molecule has 1 aliphatic heterocycles. The molecular weight excluding hydrogens is 264 g/mol. The fraction of sp³-hybridized carbons (Fsp3) is 0.588. The summed E-state index contributed by atoms with van der Waals surface area (Å²) in [6.07, 6.45) is 3.84. The number of hydrogen-bond acceptors (Lipinski definition) is 3. The number of rotatable bonds is 5. The fourth-order valence-corrected chi connectivity index (χ4v) is 2.63. The van der Waals surface area contributed by atoms with E-state index in [1.165, 1.54) is 6.42 Å². The van der Waals surface area contributed by atoms with Gasteiger partial charge in [0.15, 0.2) is 0 Å². The Kier molecular flexibility index (Phi) is 5.10. The zero-order valence-corrected chi connectivity index (χ0v) is 13.1. The standard InChI is InChI=1S/C17H26N2O2/c1-3-17(2)9-11-19(12-10-17)16(20)8-13-21-15-6-4-14(18)5-7-15/h4-7H,3,8-13,18H2,1-2H3. The van der Waals surface area contributed by atoms with Crippen LogP contribution in [0, 0.1) is 5.41 Å². The lowest BCUT2D eigenvalue weighted by atomic mass is 9.78. The zero-order chi connectivity index (χ0) is 15.3. The Morgan fingerprint density at radius 1 is 1.29 bits per heavy atom. The van der Waals surface area contributed by atoms with Crippen LogP contribution in [0.4, 0.5) is 5.69 Å². The molecule has 0 spiro atoms. The highest BCUT2D eigenvalue weighted by Gasteiger charge is 2.29. The summed E-state index contributed by atoms with van der Waals surface area (Å²) < 4.78 is 5.58. The summed E-state index contributed by atoms with van der Waals surface area (Å²) in [5.41, 5.74) is 6.75. The SMILES string of the molecule is CCC1(C)CCN(C(=O)CCOc2ccc(N)cc2)CC1. The number of likely N-dealkylation sites (tertiary alicyclic amines) is 1.